The molecule has 1 amide bonds. The van der Waals surface area contributed by atoms with E-state index in [1.165, 1.54) is 0 Å². The predicted molar refractivity (Wildman–Crippen MR) is 79.3 cm³/mol. The van der Waals surface area contributed by atoms with Crippen LogP contribution in [-0.4, -0.2) is 24.5 Å². The second-order valence-electron chi connectivity index (χ2n) is 4.09. The highest BCUT2D eigenvalue weighted by Gasteiger charge is 2.08. The molecule has 1 heterocycles. The van der Waals surface area contributed by atoms with E-state index in [0.717, 1.165) is 11.4 Å². The fourth-order valence-electron chi connectivity index (χ4n) is 1.74. The van der Waals surface area contributed by atoms with Crippen LogP contribution in [0.2, 0.25) is 0 Å². The first kappa shape index (κ1) is 13.9. The van der Waals surface area contributed by atoms with Gasteiger partial charge in [-0.05, 0) is 31.2 Å². The lowest BCUT2D eigenvalue weighted by Gasteiger charge is -2.08. The van der Waals surface area contributed by atoms with E-state index in [-0.39, 0.29) is 5.91 Å². The summed E-state index contributed by atoms with van der Waals surface area (Å²) < 4.78 is 5.39. The number of nitrogens with one attached hydrogen (secondary N) is 2. The first-order chi connectivity index (χ1) is 9.72. The maximum absolute atomic E-state index is 12.1. The fourth-order valence-corrected chi connectivity index (χ4v) is 1.74. The van der Waals surface area contributed by atoms with E-state index in [9.17, 15) is 4.79 Å². The Balaban J connectivity index is 2.12. The van der Waals surface area contributed by atoms with Gasteiger partial charge >= 0.3 is 0 Å². The van der Waals surface area contributed by atoms with Gasteiger partial charge in [0.05, 0.1) is 6.61 Å². The average Bonchev–Trinajstić information content (AvgIpc) is 2.48. The van der Waals surface area contributed by atoms with E-state index < -0.39 is 0 Å². The van der Waals surface area contributed by atoms with Crippen molar-refractivity contribution < 1.29 is 9.53 Å². The van der Waals surface area contributed by atoms with Gasteiger partial charge < -0.3 is 15.4 Å². The molecule has 0 fully saturated rings. The zero-order valence-electron chi connectivity index (χ0n) is 11.5. The first-order valence-corrected chi connectivity index (χ1v) is 6.41. The summed E-state index contributed by atoms with van der Waals surface area (Å²) in [4.78, 5) is 16.2. The smallest absolute Gasteiger partial charge is 0.274 e. The number of amides is 1. The summed E-state index contributed by atoms with van der Waals surface area (Å²) in [5, 5.41) is 5.77. The third-order valence-corrected chi connectivity index (χ3v) is 2.68. The number of rotatable bonds is 5. The monoisotopic (exact) mass is 271 g/mol. The molecule has 2 rings (SSSR count). The van der Waals surface area contributed by atoms with Gasteiger partial charge in [0.1, 0.15) is 11.4 Å². The molecule has 0 aliphatic heterocycles. The Morgan fingerprint density at radius 1 is 1.25 bits per heavy atom. The highest BCUT2D eigenvalue weighted by Crippen LogP contribution is 2.18. The molecule has 2 N–H and O–H groups in total. The lowest BCUT2D eigenvalue weighted by molar-refractivity contribution is 0.102. The van der Waals surface area contributed by atoms with Gasteiger partial charge in [-0.3, -0.25) is 9.78 Å². The summed E-state index contributed by atoms with van der Waals surface area (Å²) in [6, 6.07) is 10.8. The van der Waals surface area contributed by atoms with Crippen LogP contribution >= 0.6 is 0 Å². The summed E-state index contributed by atoms with van der Waals surface area (Å²) in [6.07, 6.45) is 1.59. The normalized spacial score (nSPS) is 9.90. The highest BCUT2D eigenvalue weighted by atomic mass is 16.5. The summed E-state index contributed by atoms with van der Waals surface area (Å²) >= 11 is 0. The second kappa shape index (κ2) is 6.56. The number of hydrogen-bond donors (Lipinski definition) is 2. The number of benzene rings is 1. The molecule has 1 aromatic heterocycles. The molecule has 2 aromatic rings. The van der Waals surface area contributed by atoms with Crippen LogP contribution in [-0.2, 0) is 0 Å². The number of hydrogen-bond acceptors (Lipinski definition) is 4. The average molecular weight is 271 g/mol. The van der Waals surface area contributed by atoms with Gasteiger partial charge in [0.15, 0.2) is 0 Å². The summed E-state index contributed by atoms with van der Waals surface area (Å²) in [7, 11) is 1.79. The molecule has 5 heteroatoms. The Morgan fingerprint density at radius 3 is 2.85 bits per heavy atom. The van der Waals surface area contributed by atoms with Gasteiger partial charge in [0.2, 0.25) is 0 Å². The Hall–Kier alpha value is -2.56. The standard InChI is InChI=1S/C15H17N3O2/c1-3-20-13-6-4-5-12(9-13)18-15(19)14-10-11(16-2)7-8-17-14/h4-10H,3H2,1-2H3,(H,16,17)(H,18,19). The van der Waals surface area contributed by atoms with Crippen LogP contribution in [0.15, 0.2) is 42.6 Å². The van der Waals surface area contributed by atoms with Crippen LogP contribution in [0.5, 0.6) is 5.75 Å². The Bertz CT molecular complexity index is 599. The molecule has 0 saturated carbocycles. The SMILES string of the molecule is CCOc1cccc(NC(=O)c2cc(NC)ccn2)c1. The molecular weight excluding hydrogens is 254 g/mol. The molecule has 0 atom stereocenters. The Morgan fingerprint density at radius 2 is 2.10 bits per heavy atom. The van der Waals surface area contributed by atoms with Crippen LogP contribution in [0.1, 0.15) is 17.4 Å². The molecule has 0 spiro atoms. The minimum absolute atomic E-state index is 0.254. The maximum Gasteiger partial charge on any atom is 0.274 e. The van der Waals surface area contributed by atoms with Gasteiger partial charge in [-0.15, -0.1) is 0 Å². The van der Waals surface area contributed by atoms with Crippen LogP contribution < -0.4 is 15.4 Å². The molecule has 20 heavy (non-hydrogen) atoms. The fraction of sp³-hybridized carbons (Fsp3) is 0.200. The topological polar surface area (TPSA) is 63.2 Å². The molecule has 5 nitrogen and oxygen atoms in total. The zero-order valence-corrected chi connectivity index (χ0v) is 11.5. The molecule has 1 aromatic carbocycles. The third kappa shape index (κ3) is 3.47. The van der Waals surface area contributed by atoms with E-state index in [0.29, 0.717) is 18.0 Å². The summed E-state index contributed by atoms with van der Waals surface area (Å²) in [5.74, 6) is 0.470. The molecule has 0 unspecified atom stereocenters. The molecule has 0 aliphatic rings. The van der Waals surface area contributed by atoms with E-state index in [1.54, 1.807) is 31.4 Å². The molecule has 0 bridgehead atoms. The molecule has 0 radical (unpaired) electrons. The quantitative estimate of drug-likeness (QED) is 0.877. The molecule has 104 valence electrons. The highest BCUT2D eigenvalue weighted by molar-refractivity contribution is 6.03. The largest absolute Gasteiger partial charge is 0.494 e. The number of carbonyl (C=O) groups excluding carboxylic acids is 1. The van der Waals surface area contributed by atoms with Crippen LogP contribution in [0, 0.1) is 0 Å². The number of carbonyl (C=O) groups is 1. The van der Waals surface area contributed by atoms with E-state index in [4.69, 9.17) is 4.74 Å². The van der Waals surface area contributed by atoms with Crippen molar-refractivity contribution in [1.29, 1.82) is 0 Å². The van der Waals surface area contributed by atoms with Crippen molar-refractivity contribution in [2.45, 2.75) is 6.92 Å². The molecule has 0 saturated heterocycles. The predicted octanol–water partition coefficient (Wildman–Crippen LogP) is 2.77. The van der Waals surface area contributed by atoms with Gasteiger partial charge in [-0.2, -0.15) is 0 Å². The van der Waals surface area contributed by atoms with E-state index >= 15 is 0 Å². The van der Waals surface area contributed by atoms with Crippen LogP contribution in [0.25, 0.3) is 0 Å². The molecule has 0 aliphatic carbocycles. The van der Waals surface area contributed by atoms with Crippen molar-refractivity contribution >= 4 is 17.3 Å². The minimum Gasteiger partial charge on any atom is -0.494 e. The van der Waals surface area contributed by atoms with Gasteiger partial charge in [-0.1, -0.05) is 6.07 Å². The Labute approximate surface area is 118 Å². The lowest BCUT2D eigenvalue weighted by atomic mass is 10.2. The van der Waals surface area contributed by atoms with Crippen molar-refractivity contribution in [1.82, 2.24) is 4.98 Å². The number of ether oxygens (including phenoxy) is 1. The van der Waals surface area contributed by atoms with E-state index in [2.05, 4.69) is 15.6 Å². The summed E-state index contributed by atoms with van der Waals surface area (Å²) in [5.41, 5.74) is 1.88. The van der Waals surface area contributed by atoms with Crippen molar-refractivity contribution in [2.24, 2.45) is 0 Å². The van der Waals surface area contributed by atoms with Gasteiger partial charge in [0.25, 0.3) is 5.91 Å². The second-order valence-corrected chi connectivity index (χ2v) is 4.09. The van der Waals surface area contributed by atoms with E-state index in [1.807, 2.05) is 25.1 Å². The van der Waals surface area contributed by atoms with Gasteiger partial charge in [0, 0.05) is 30.7 Å². The van der Waals surface area contributed by atoms with Crippen molar-refractivity contribution in [2.75, 3.05) is 24.3 Å². The lowest BCUT2D eigenvalue weighted by Crippen LogP contribution is -2.13. The third-order valence-electron chi connectivity index (χ3n) is 2.68. The number of aromatic nitrogens is 1. The number of nitrogens with zero attached hydrogens (tertiary/aromatic N) is 1. The van der Waals surface area contributed by atoms with Crippen LogP contribution in [0.4, 0.5) is 11.4 Å². The van der Waals surface area contributed by atoms with Crippen molar-refractivity contribution in [3.63, 3.8) is 0 Å². The summed E-state index contributed by atoms with van der Waals surface area (Å²) in [6.45, 7) is 2.50. The number of anilines is 2. The maximum atomic E-state index is 12.1. The minimum atomic E-state index is -0.254. The van der Waals surface area contributed by atoms with Gasteiger partial charge in [-0.25, -0.2) is 0 Å². The van der Waals surface area contributed by atoms with Crippen molar-refractivity contribution in [3.8, 4) is 5.75 Å². The molecular formula is C15H17N3O2. The number of pyridine rings is 1. The zero-order chi connectivity index (χ0) is 14.4. The Kier molecular flexibility index (Phi) is 4.55. The van der Waals surface area contributed by atoms with Crippen molar-refractivity contribution in [3.05, 3.63) is 48.3 Å². The van der Waals surface area contributed by atoms with Crippen LogP contribution in [0.3, 0.4) is 0 Å². The first-order valence-electron chi connectivity index (χ1n) is 6.41.